The molecule has 2 aromatic rings. The summed E-state index contributed by atoms with van der Waals surface area (Å²) >= 11 is 0. The molecule has 0 saturated carbocycles. The van der Waals surface area contributed by atoms with Gasteiger partial charge in [0.1, 0.15) is 5.82 Å². The maximum Gasteiger partial charge on any atom is 0.225 e. The van der Waals surface area contributed by atoms with Gasteiger partial charge in [0, 0.05) is 18.5 Å². The van der Waals surface area contributed by atoms with Crippen LogP contribution in [0, 0.1) is 5.41 Å². The Hall–Kier alpha value is -1.84. The van der Waals surface area contributed by atoms with Crippen molar-refractivity contribution in [2.45, 2.75) is 40.5 Å². The quantitative estimate of drug-likeness (QED) is 0.831. The molecule has 0 radical (unpaired) electrons. The molecule has 4 heteroatoms. The van der Waals surface area contributed by atoms with E-state index in [0.717, 1.165) is 42.7 Å². The van der Waals surface area contributed by atoms with Crippen molar-refractivity contribution in [1.29, 1.82) is 0 Å². The zero-order valence-corrected chi connectivity index (χ0v) is 13.5. The highest BCUT2D eigenvalue weighted by atomic mass is 15.1. The lowest BCUT2D eigenvalue weighted by Crippen LogP contribution is -2.14. The first-order valence-corrected chi connectivity index (χ1v) is 7.74. The number of anilines is 2. The van der Waals surface area contributed by atoms with Gasteiger partial charge in [0.2, 0.25) is 5.95 Å². The van der Waals surface area contributed by atoms with Gasteiger partial charge in [-0.1, -0.05) is 39.8 Å². The lowest BCUT2D eigenvalue weighted by Gasteiger charge is -2.19. The summed E-state index contributed by atoms with van der Waals surface area (Å²) in [6, 6.07) is 8.14. The minimum atomic E-state index is 0.319. The van der Waals surface area contributed by atoms with Crippen molar-refractivity contribution in [3.05, 3.63) is 24.3 Å². The Balaban J connectivity index is 2.22. The molecule has 1 heterocycles. The molecule has 0 fully saturated rings. The maximum absolute atomic E-state index is 4.62. The summed E-state index contributed by atoms with van der Waals surface area (Å²) in [4.78, 5) is 9.19. The Kier molecular flexibility index (Phi) is 4.99. The topological polar surface area (TPSA) is 49.8 Å². The number of aromatic nitrogens is 2. The molecule has 0 saturated heterocycles. The zero-order valence-electron chi connectivity index (χ0n) is 13.5. The van der Waals surface area contributed by atoms with Crippen LogP contribution in [0.5, 0.6) is 0 Å². The van der Waals surface area contributed by atoms with Crippen LogP contribution in [0.1, 0.15) is 40.5 Å². The van der Waals surface area contributed by atoms with E-state index in [-0.39, 0.29) is 0 Å². The van der Waals surface area contributed by atoms with Gasteiger partial charge in [0.15, 0.2) is 0 Å². The summed E-state index contributed by atoms with van der Waals surface area (Å²) in [5, 5.41) is 7.82. The molecule has 0 bridgehead atoms. The second-order valence-electron chi connectivity index (χ2n) is 6.58. The van der Waals surface area contributed by atoms with Gasteiger partial charge in [-0.3, -0.25) is 0 Å². The summed E-state index contributed by atoms with van der Waals surface area (Å²) in [7, 11) is 0. The van der Waals surface area contributed by atoms with Crippen LogP contribution in [0.4, 0.5) is 11.8 Å². The van der Waals surface area contributed by atoms with E-state index in [4.69, 9.17) is 0 Å². The molecule has 0 atom stereocenters. The van der Waals surface area contributed by atoms with E-state index in [1.54, 1.807) is 0 Å². The molecule has 2 rings (SSSR count). The summed E-state index contributed by atoms with van der Waals surface area (Å²) in [5.74, 6) is 1.62. The minimum absolute atomic E-state index is 0.319. The molecular formula is C17H26N4. The molecule has 2 N–H and O–H groups in total. The first kappa shape index (κ1) is 15.5. The summed E-state index contributed by atoms with van der Waals surface area (Å²) in [5.41, 5.74) is 1.29. The summed E-state index contributed by atoms with van der Waals surface area (Å²) < 4.78 is 0. The van der Waals surface area contributed by atoms with Gasteiger partial charge in [-0.15, -0.1) is 0 Å². The molecule has 0 amide bonds. The highest BCUT2D eigenvalue weighted by molar-refractivity contribution is 5.89. The molecule has 0 aliphatic heterocycles. The second-order valence-corrected chi connectivity index (χ2v) is 6.58. The van der Waals surface area contributed by atoms with E-state index in [1.807, 2.05) is 18.2 Å². The predicted octanol–water partition coefficient (Wildman–Crippen LogP) is 4.30. The van der Waals surface area contributed by atoms with Crippen molar-refractivity contribution in [2.24, 2.45) is 5.41 Å². The third-order valence-electron chi connectivity index (χ3n) is 3.30. The SMILES string of the molecule is CCCNc1nc(NCCC(C)(C)C)c2ccccc2n1. The van der Waals surface area contributed by atoms with Crippen LogP contribution in [0.25, 0.3) is 10.9 Å². The Bertz CT molecular complexity index is 587. The third-order valence-corrected chi connectivity index (χ3v) is 3.30. The lowest BCUT2D eigenvalue weighted by molar-refractivity contribution is 0.389. The van der Waals surface area contributed by atoms with E-state index in [1.165, 1.54) is 0 Å². The van der Waals surface area contributed by atoms with Crippen LogP contribution in [0.3, 0.4) is 0 Å². The van der Waals surface area contributed by atoms with Crippen molar-refractivity contribution in [3.63, 3.8) is 0 Å². The number of benzene rings is 1. The molecule has 0 aliphatic rings. The van der Waals surface area contributed by atoms with Crippen molar-refractivity contribution in [1.82, 2.24) is 9.97 Å². The molecule has 114 valence electrons. The van der Waals surface area contributed by atoms with E-state index in [0.29, 0.717) is 11.4 Å². The molecule has 1 aromatic carbocycles. The van der Waals surface area contributed by atoms with Crippen LogP contribution in [0.2, 0.25) is 0 Å². The van der Waals surface area contributed by atoms with Crippen molar-refractivity contribution in [3.8, 4) is 0 Å². The predicted molar refractivity (Wildman–Crippen MR) is 90.9 cm³/mol. The van der Waals surface area contributed by atoms with Crippen LogP contribution in [-0.2, 0) is 0 Å². The first-order valence-electron chi connectivity index (χ1n) is 7.74. The molecule has 0 aliphatic carbocycles. The van der Waals surface area contributed by atoms with Crippen LogP contribution >= 0.6 is 0 Å². The van der Waals surface area contributed by atoms with Crippen LogP contribution in [0.15, 0.2) is 24.3 Å². The van der Waals surface area contributed by atoms with Crippen LogP contribution < -0.4 is 10.6 Å². The van der Waals surface area contributed by atoms with Gasteiger partial charge in [-0.05, 0) is 30.4 Å². The molecule has 0 spiro atoms. The van der Waals surface area contributed by atoms with E-state index < -0.39 is 0 Å². The fraction of sp³-hybridized carbons (Fsp3) is 0.529. The van der Waals surface area contributed by atoms with Gasteiger partial charge in [-0.25, -0.2) is 4.98 Å². The zero-order chi connectivity index (χ0) is 15.3. The summed E-state index contributed by atoms with van der Waals surface area (Å²) in [6.45, 7) is 10.7. The average molecular weight is 286 g/mol. The Morgan fingerprint density at radius 1 is 1.00 bits per heavy atom. The Morgan fingerprint density at radius 2 is 1.76 bits per heavy atom. The molecule has 4 nitrogen and oxygen atoms in total. The van der Waals surface area contributed by atoms with E-state index in [2.05, 4.69) is 54.4 Å². The Morgan fingerprint density at radius 3 is 2.48 bits per heavy atom. The van der Waals surface area contributed by atoms with Crippen molar-refractivity contribution >= 4 is 22.7 Å². The molecule has 21 heavy (non-hydrogen) atoms. The standard InChI is InChI=1S/C17H26N4/c1-5-11-19-16-20-14-9-7-6-8-13(14)15(21-16)18-12-10-17(2,3)4/h6-9H,5,10-12H2,1-4H3,(H2,18,19,20,21). The summed E-state index contributed by atoms with van der Waals surface area (Å²) in [6.07, 6.45) is 2.16. The van der Waals surface area contributed by atoms with E-state index >= 15 is 0 Å². The third kappa shape index (κ3) is 4.59. The number of para-hydroxylation sites is 1. The van der Waals surface area contributed by atoms with Gasteiger partial charge in [0.25, 0.3) is 0 Å². The van der Waals surface area contributed by atoms with Crippen LogP contribution in [-0.4, -0.2) is 23.1 Å². The second kappa shape index (κ2) is 6.74. The van der Waals surface area contributed by atoms with Gasteiger partial charge in [0.05, 0.1) is 5.52 Å². The monoisotopic (exact) mass is 286 g/mol. The minimum Gasteiger partial charge on any atom is -0.369 e. The van der Waals surface area contributed by atoms with E-state index in [9.17, 15) is 0 Å². The number of nitrogens with one attached hydrogen (secondary N) is 2. The maximum atomic E-state index is 4.62. The number of fused-ring (bicyclic) bond motifs is 1. The molecule has 1 aromatic heterocycles. The van der Waals surface area contributed by atoms with Gasteiger partial charge < -0.3 is 10.6 Å². The lowest BCUT2D eigenvalue weighted by atomic mass is 9.92. The largest absolute Gasteiger partial charge is 0.369 e. The smallest absolute Gasteiger partial charge is 0.225 e. The molecule has 0 unspecified atom stereocenters. The van der Waals surface area contributed by atoms with Crippen molar-refractivity contribution in [2.75, 3.05) is 23.7 Å². The van der Waals surface area contributed by atoms with Gasteiger partial charge in [-0.2, -0.15) is 4.98 Å². The fourth-order valence-electron chi connectivity index (χ4n) is 2.08. The average Bonchev–Trinajstić information content (AvgIpc) is 2.43. The molecular weight excluding hydrogens is 260 g/mol. The normalized spacial score (nSPS) is 11.6. The highest BCUT2D eigenvalue weighted by Crippen LogP contribution is 2.23. The number of nitrogens with zero attached hydrogens (tertiary/aromatic N) is 2. The Labute approximate surface area is 127 Å². The first-order chi connectivity index (χ1) is 9.99. The number of hydrogen-bond acceptors (Lipinski definition) is 4. The number of hydrogen-bond donors (Lipinski definition) is 2. The fourth-order valence-corrected chi connectivity index (χ4v) is 2.08. The van der Waals surface area contributed by atoms with Crippen molar-refractivity contribution < 1.29 is 0 Å². The highest BCUT2D eigenvalue weighted by Gasteiger charge is 2.11. The van der Waals surface area contributed by atoms with Gasteiger partial charge >= 0.3 is 0 Å². The number of rotatable bonds is 6.